The molecule has 0 N–H and O–H groups in total. The molecule has 3 aliphatic rings. The van der Waals surface area contributed by atoms with E-state index in [1.54, 1.807) is 36.2 Å². The zero-order valence-electron chi connectivity index (χ0n) is 13.6. The van der Waals surface area contributed by atoms with Gasteiger partial charge in [0.2, 0.25) is 5.91 Å². The molecule has 1 aromatic rings. The summed E-state index contributed by atoms with van der Waals surface area (Å²) in [6.45, 7) is 4.35. The lowest BCUT2D eigenvalue weighted by Crippen LogP contribution is -2.50. The van der Waals surface area contributed by atoms with E-state index in [1.807, 2.05) is 0 Å². The van der Waals surface area contributed by atoms with Gasteiger partial charge in [0.1, 0.15) is 6.04 Å². The minimum Gasteiger partial charge on any atom is -0.340 e. The van der Waals surface area contributed by atoms with Crippen LogP contribution in [-0.4, -0.2) is 46.7 Å². The lowest BCUT2D eigenvalue weighted by atomic mass is 10.0. The summed E-state index contributed by atoms with van der Waals surface area (Å²) in [5, 5.41) is 0. The van der Waals surface area contributed by atoms with Crippen molar-refractivity contribution in [3.05, 3.63) is 35.4 Å². The Kier molecular flexibility index (Phi) is 2.78. The molecule has 1 saturated heterocycles. The summed E-state index contributed by atoms with van der Waals surface area (Å²) in [7, 11) is 1.80. The molecule has 3 atom stereocenters. The molecule has 3 amide bonds. The topological polar surface area (TPSA) is 57.7 Å². The van der Waals surface area contributed by atoms with Crippen molar-refractivity contribution in [1.29, 1.82) is 0 Å². The van der Waals surface area contributed by atoms with Crippen LogP contribution in [-0.2, 0) is 4.79 Å². The smallest absolute Gasteiger partial charge is 0.262 e. The van der Waals surface area contributed by atoms with Crippen LogP contribution >= 0.6 is 0 Å². The highest BCUT2D eigenvalue weighted by molar-refractivity contribution is 6.22. The van der Waals surface area contributed by atoms with E-state index in [2.05, 4.69) is 13.8 Å². The summed E-state index contributed by atoms with van der Waals surface area (Å²) < 4.78 is 0. The van der Waals surface area contributed by atoms with Crippen LogP contribution in [0.2, 0.25) is 0 Å². The van der Waals surface area contributed by atoms with Crippen LogP contribution in [0.15, 0.2) is 24.3 Å². The molecule has 2 heterocycles. The Labute approximate surface area is 135 Å². The van der Waals surface area contributed by atoms with Gasteiger partial charge in [-0.1, -0.05) is 26.0 Å². The molecule has 2 aliphatic heterocycles. The Bertz CT molecular complexity index is 705. The Morgan fingerprint density at radius 3 is 2.13 bits per heavy atom. The molecule has 5 heteroatoms. The molecule has 120 valence electrons. The zero-order valence-corrected chi connectivity index (χ0v) is 13.6. The third-order valence-electron chi connectivity index (χ3n) is 5.93. The van der Waals surface area contributed by atoms with Gasteiger partial charge in [0.05, 0.1) is 11.1 Å². The van der Waals surface area contributed by atoms with E-state index >= 15 is 0 Å². The van der Waals surface area contributed by atoms with Crippen molar-refractivity contribution in [2.75, 3.05) is 7.05 Å². The molecule has 1 aromatic carbocycles. The van der Waals surface area contributed by atoms with Gasteiger partial charge in [-0.2, -0.15) is 0 Å². The standard InChI is InChI=1S/C18H20N2O3/c1-18(2)12-8-9-13(17(23)19(3)14(12)18)20-15(21)10-6-4-5-7-11(10)16(20)22/h4-7,12-14H,8-9H2,1-3H3/t12?,13-,14?/m0/s1. The largest absolute Gasteiger partial charge is 0.340 e. The van der Waals surface area contributed by atoms with Crippen molar-refractivity contribution in [3.63, 3.8) is 0 Å². The van der Waals surface area contributed by atoms with E-state index in [-0.39, 0.29) is 29.2 Å². The first kappa shape index (κ1) is 14.4. The monoisotopic (exact) mass is 312 g/mol. The maximum atomic E-state index is 12.9. The van der Waals surface area contributed by atoms with E-state index in [1.165, 1.54) is 4.90 Å². The average Bonchev–Trinajstić information content (AvgIpc) is 3.03. The summed E-state index contributed by atoms with van der Waals surface area (Å²) in [6, 6.07) is 6.34. The molecule has 2 fully saturated rings. The number of fused-ring (bicyclic) bond motifs is 2. The number of nitrogens with zero attached hydrogens (tertiary/aromatic N) is 2. The minimum absolute atomic E-state index is 0.113. The van der Waals surface area contributed by atoms with Gasteiger partial charge in [-0.3, -0.25) is 19.3 Å². The number of rotatable bonds is 1. The number of amides is 3. The first-order valence-corrected chi connectivity index (χ1v) is 8.09. The van der Waals surface area contributed by atoms with Crippen LogP contribution in [0, 0.1) is 11.3 Å². The number of likely N-dealkylation sites (tertiary alicyclic amines) is 1. The fourth-order valence-electron chi connectivity index (χ4n) is 4.58. The first-order chi connectivity index (χ1) is 10.9. The third-order valence-corrected chi connectivity index (χ3v) is 5.93. The lowest BCUT2D eigenvalue weighted by molar-refractivity contribution is -0.134. The molecular weight excluding hydrogens is 292 g/mol. The molecule has 0 aromatic heterocycles. The van der Waals surface area contributed by atoms with Crippen LogP contribution in [0.3, 0.4) is 0 Å². The number of hydrogen-bond donors (Lipinski definition) is 0. The number of imide groups is 1. The number of carbonyl (C=O) groups is 3. The van der Waals surface area contributed by atoms with E-state index < -0.39 is 6.04 Å². The maximum Gasteiger partial charge on any atom is 0.262 e. The maximum absolute atomic E-state index is 12.9. The zero-order chi connectivity index (χ0) is 16.5. The predicted molar refractivity (Wildman–Crippen MR) is 83.8 cm³/mol. The summed E-state index contributed by atoms with van der Waals surface area (Å²) in [6.07, 6.45) is 1.42. The highest BCUT2D eigenvalue weighted by Crippen LogP contribution is 2.58. The van der Waals surface area contributed by atoms with Crippen molar-refractivity contribution in [2.45, 2.75) is 38.8 Å². The molecule has 4 rings (SSSR count). The van der Waals surface area contributed by atoms with Gasteiger partial charge in [-0.25, -0.2) is 0 Å². The van der Waals surface area contributed by atoms with Gasteiger partial charge < -0.3 is 4.90 Å². The van der Waals surface area contributed by atoms with E-state index in [0.29, 0.717) is 23.5 Å². The van der Waals surface area contributed by atoms with Crippen LogP contribution in [0.4, 0.5) is 0 Å². The average molecular weight is 312 g/mol. The van der Waals surface area contributed by atoms with Gasteiger partial charge in [0, 0.05) is 13.1 Å². The second-order valence-corrected chi connectivity index (χ2v) is 7.44. The molecular formula is C18H20N2O3. The third kappa shape index (κ3) is 1.76. The minimum atomic E-state index is -0.670. The first-order valence-electron chi connectivity index (χ1n) is 8.09. The van der Waals surface area contributed by atoms with Gasteiger partial charge in [0.25, 0.3) is 11.8 Å². The molecule has 5 nitrogen and oxygen atoms in total. The Morgan fingerprint density at radius 2 is 1.57 bits per heavy atom. The predicted octanol–water partition coefficient (Wildman–Crippen LogP) is 1.93. The Hall–Kier alpha value is -2.17. The summed E-state index contributed by atoms with van der Waals surface area (Å²) in [5.41, 5.74) is 0.947. The van der Waals surface area contributed by atoms with Crippen molar-refractivity contribution in [3.8, 4) is 0 Å². The fourth-order valence-corrected chi connectivity index (χ4v) is 4.58. The Morgan fingerprint density at radius 1 is 1.00 bits per heavy atom. The van der Waals surface area contributed by atoms with Gasteiger partial charge in [-0.05, 0) is 36.3 Å². The van der Waals surface area contributed by atoms with Crippen LogP contribution < -0.4 is 0 Å². The second-order valence-electron chi connectivity index (χ2n) is 7.44. The number of benzene rings is 1. The highest BCUT2D eigenvalue weighted by Gasteiger charge is 2.63. The summed E-state index contributed by atoms with van der Waals surface area (Å²) >= 11 is 0. The number of likely N-dealkylation sites (N-methyl/N-ethyl adjacent to an activating group) is 1. The van der Waals surface area contributed by atoms with Gasteiger partial charge in [0.15, 0.2) is 0 Å². The van der Waals surface area contributed by atoms with Crippen molar-refractivity contribution in [1.82, 2.24) is 9.80 Å². The van der Waals surface area contributed by atoms with Crippen LogP contribution in [0.25, 0.3) is 0 Å². The SMILES string of the molecule is CN1C(=O)[C@@H](N2C(=O)c3ccccc3C2=O)CCC2C1C2(C)C. The molecule has 2 unspecified atom stereocenters. The second kappa shape index (κ2) is 4.43. The summed E-state index contributed by atoms with van der Waals surface area (Å²) in [4.78, 5) is 41.1. The highest BCUT2D eigenvalue weighted by atomic mass is 16.2. The molecule has 1 saturated carbocycles. The molecule has 0 radical (unpaired) electrons. The van der Waals surface area contributed by atoms with E-state index in [0.717, 1.165) is 6.42 Å². The van der Waals surface area contributed by atoms with Crippen molar-refractivity contribution < 1.29 is 14.4 Å². The van der Waals surface area contributed by atoms with Crippen molar-refractivity contribution >= 4 is 17.7 Å². The summed E-state index contributed by atoms with van der Waals surface area (Å²) in [5.74, 6) is -0.339. The quantitative estimate of drug-likeness (QED) is 0.745. The number of carbonyl (C=O) groups excluding carboxylic acids is 3. The van der Waals surface area contributed by atoms with E-state index in [9.17, 15) is 14.4 Å². The van der Waals surface area contributed by atoms with Gasteiger partial charge >= 0.3 is 0 Å². The van der Waals surface area contributed by atoms with Crippen LogP contribution in [0.5, 0.6) is 0 Å². The lowest BCUT2D eigenvalue weighted by Gasteiger charge is -2.29. The fraction of sp³-hybridized carbons (Fsp3) is 0.500. The normalized spacial score (nSPS) is 31.8. The van der Waals surface area contributed by atoms with E-state index in [4.69, 9.17) is 0 Å². The van der Waals surface area contributed by atoms with Crippen LogP contribution in [0.1, 0.15) is 47.4 Å². The Balaban J connectivity index is 1.66. The molecule has 1 aliphatic carbocycles. The molecule has 23 heavy (non-hydrogen) atoms. The van der Waals surface area contributed by atoms with Gasteiger partial charge in [-0.15, -0.1) is 0 Å². The number of hydrogen-bond acceptors (Lipinski definition) is 3. The molecule has 0 bridgehead atoms. The molecule has 0 spiro atoms. The van der Waals surface area contributed by atoms with Crippen molar-refractivity contribution in [2.24, 2.45) is 11.3 Å².